The molecule has 132 valence electrons. The maximum Gasteiger partial charge on any atom is 0.312 e. The van der Waals surface area contributed by atoms with Crippen LogP contribution in [0.3, 0.4) is 0 Å². The molecule has 1 heterocycles. The van der Waals surface area contributed by atoms with E-state index in [1.54, 1.807) is 12.1 Å². The van der Waals surface area contributed by atoms with E-state index in [-0.39, 0.29) is 19.4 Å². The third-order valence-electron chi connectivity index (χ3n) is 3.50. The van der Waals surface area contributed by atoms with Crippen molar-refractivity contribution in [2.75, 3.05) is 13.3 Å². The van der Waals surface area contributed by atoms with Crippen LogP contribution >= 0.6 is 11.6 Å². The highest BCUT2D eigenvalue weighted by Crippen LogP contribution is 2.32. The predicted octanol–water partition coefficient (Wildman–Crippen LogP) is 2.48. The van der Waals surface area contributed by atoms with Crippen LogP contribution in [0.2, 0.25) is 5.02 Å². The predicted molar refractivity (Wildman–Crippen MR) is 87.6 cm³/mol. The van der Waals surface area contributed by atoms with Gasteiger partial charge in [-0.15, -0.1) is 0 Å². The van der Waals surface area contributed by atoms with Gasteiger partial charge < -0.3 is 25.3 Å². The number of ether oxygens (including phenoxy) is 3. The Morgan fingerprint density at radius 3 is 2.92 bits per heavy atom. The molecule has 1 aromatic rings. The fourth-order valence-corrected chi connectivity index (χ4v) is 2.64. The first-order valence-corrected chi connectivity index (χ1v) is 8.15. The topological polar surface area (TPSA) is 99.9 Å². The highest BCUT2D eigenvalue weighted by atomic mass is 35.5. The van der Waals surface area contributed by atoms with Gasteiger partial charge in [-0.1, -0.05) is 18.0 Å². The van der Waals surface area contributed by atoms with Crippen molar-refractivity contribution in [1.29, 1.82) is 0 Å². The summed E-state index contributed by atoms with van der Waals surface area (Å²) >= 11 is 6.06. The maximum absolute atomic E-state index is 11.8. The largest absolute Gasteiger partial charge is 0.467 e. The first-order valence-electron chi connectivity index (χ1n) is 7.77. The molecular weight excluding hydrogens is 336 g/mol. The average molecular weight is 357 g/mol. The maximum atomic E-state index is 11.8. The molecule has 0 radical (unpaired) electrons. The number of amides is 2. The summed E-state index contributed by atoms with van der Waals surface area (Å²) in [5.41, 5.74) is 6.54. The summed E-state index contributed by atoms with van der Waals surface area (Å²) < 4.78 is 16.0. The van der Waals surface area contributed by atoms with Gasteiger partial charge in [-0.05, 0) is 25.0 Å². The zero-order valence-electron chi connectivity index (χ0n) is 13.3. The van der Waals surface area contributed by atoms with Crippen molar-refractivity contribution in [2.24, 2.45) is 5.73 Å². The van der Waals surface area contributed by atoms with E-state index in [0.717, 1.165) is 24.0 Å². The summed E-state index contributed by atoms with van der Waals surface area (Å²) in [6, 6.07) is 2.97. The van der Waals surface area contributed by atoms with E-state index in [9.17, 15) is 9.59 Å². The summed E-state index contributed by atoms with van der Waals surface area (Å²) in [4.78, 5) is 22.3. The van der Waals surface area contributed by atoms with Crippen LogP contribution in [0.4, 0.5) is 4.79 Å². The van der Waals surface area contributed by atoms with Gasteiger partial charge >= 0.3 is 12.0 Å². The van der Waals surface area contributed by atoms with Gasteiger partial charge in [0.15, 0.2) is 6.79 Å². The zero-order valence-corrected chi connectivity index (χ0v) is 14.1. The Hall–Kier alpha value is -1.99. The minimum atomic E-state index is -0.535. The molecule has 0 saturated heterocycles. The van der Waals surface area contributed by atoms with Crippen molar-refractivity contribution in [1.82, 2.24) is 5.32 Å². The number of fused-ring (bicyclic) bond motifs is 1. The second-order valence-electron chi connectivity index (χ2n) is 5.43. The van der Waals surface area contributed by atoms with Crippen LogP contribution in [0.5, 0.6) is 5.75 Å². The smallest absolute Gasteiger partial charge is 0.312 e. The highest BCUT2D eigenvalue weighted by molar-refractivity contribution is 6.30. The summed E-state index contributed by atoms with van der Waals surface area (Å²) in [5.74, 6) is 0.398. The number of esters is 1. The first kappa shape index (κ1) is 18.4. The van der Waals surface area contributed by atoms with Crippen LogP contribution in [-0.2, 0) is 27.5 Å². The second-order valence-corrected chi connectivity index (χ2v) is 5.86. The van der Waals surface area contributed by atoms with Crippen LogP contribution < -0.4 is 15.8 Å². The molecule has 1 aromatic carbocycles. The quantitative estimate of drug-likeness (QED) is 0.550. The van der Waals surface area contributed by atoms with Crippen molar-refractivity contribution in [3.05, 3.63) is 28.3 Å². The van der Waals surface area contributed by atoms with E-state index >= 15 is 0 Å². The van der Waals surface area contributed by atoms with Crippen molar-refractivity contribution < 1.29 is 23.8 Å². The Balaban J connectivity index is 1.72. The minimum Gasteiger partial charge on any atom is -0.467 e. The molecule has 3 N–H and O–H groups in total. The lowest BCUT2D eigenvalue weighted by molar-refractivity contribution is -0.145. The number of nitrogens with two attached hydrogens (primary N) is 1. The minimum absolute atomic E-state index is 0.116. The van der Waals surface area contributed by atoms with E-state index in [4.69, 9.17) is 31.5 Å². The van der Waals surface area contributed by atoms with Crippen LogP contribution in [0.15, 0.2) is 12.1 Å². The van der Waals surface area contributed by atoms with Crippen molar-refractivity contribution in [3.63, 3.8) is 0 Å². The number of rotatable bonds is 8. The number of nitrogens with one attached hydrogen (secondary N) is 1. The van der Waals surface area contributed by atoms with Gasteiger partial charge in [0.2, 0.25) is 0 Å². The number of urea groups is 1. The summed E-state index contributed by atoms with van der Waals surface area (Å²) in [7, 11) is 0. The lowest BCUT2D eigenvalue weighted by Gasteiger charge is -2.21. The van der Waals surface area contributed by atoms with E-state index in [1.165, 1.54) is 0 Å². The summed E-state index contributed by atoms with van der Waals surface area (Å²) in [6.07, 6.45) is 2.59. The summed E-state index contributed by atoms with van der Waals surface area (Å²) in [5, 5.41) is 3.05. The molecule has 0 unspecified atom stereocenters. The summed E-state index contributed by atoms with van der Waals surface area (Å²) in [6.45, 7) is 1.23. The lowest BCUT2D eigenvalue weighted by atomic mass is 10.1. The van der Waals surface area contributed by atoms with E-state index < -0.39 is 6.03 Å². The first-order chi connectivity index (χ1) is 11.6. The SMILES string of the molecule is NC(=O)NCCCCCC(=O)OCc1cc(Cl)cc2c1OCOC2. The number of primary amides is 1. The highest BCUT2D eigenvalue weighted by Gasteiger charge is 2.17. The molecule has 1 aliphatic heterocycles. The Morgan fingerprint density at radius 2 is 2.12 bits per heavy atom. The monoisotopic (exact) mass is 356 g/mol. The molecule has 2 rings (SSSR count). The number of carbonyl (C=O) groups is 2. The number of halogens is 1. The van der Waals surface area contributed by atoms with Crippen LogP contribution in [0.1, 0.15) is 36.8 Å². The van der Waals surface area contributed by atoms with E-state index in [0.29, 0.717) is 36.8 Å². The fourth-order valence-electron chi connectivity index (χ4n) is 2.38. The van der Waals surface area contributed by atoms with Gasteiger partial charge in [0.05, 0.1) is 6.61 Å². The molecule has 0 bridgehead atoms. The molecule has 0 aliphatic carbocycles. The van der Waals surface area contributed by atoms with Crippen LogP contribution in [-0.4, -0.2) is 25.3 Å². The third kappa shape index (κ3) is 5.90. The molecular formula is C16H21ClN2O5. The molecule has 7 nitrogen and oxygen atoms in total. The van der Waals surface area contributed by atoms with Gasteiger partial charge in [0.25, 0.3) is 0 Å². The molecule has 0 atom stereocenters. The molecule has 24 heavy (non-hydrogen) atoms. The Kier molecular flexibility index (Phi) is 7.14. The van der Waals surface area contributed by atoms with Crippen LogP contribution in [0.25, 0.3) is 0 Å². The molecule has 8 heteroatoms. The standard InChI is InChI=1S/C16H21ClN2O5/c17-13-6-11-8-22-10-24-15(11)12(7-13)9-23-14(20)4-2-1-3-5-19-16(18)21/h6-7H,1-5,8-10H2,(H3,18,19,21). The Morgan fingerprint density at radius 1 is 1.29 bits per heavy atom. The average Bonchev–Trinajstić information content (AvgIpc) is 2.55. The molecule has 0 saturated carbocycles. The number of unbranched alkanes of at least 4 members (excludes halogenated alkanes) is 2. The van der Waals surface area contributed by atoms with Crippen molar-refractivity contribution >= 4 is 23.6 Å². The number of carbonyl (C=O) groups excluding carboxylic acids is 2. The number of benzene rings is 1. The van der Waals surface area contributed by atoms with E-state index in [2.05, 4.69) is 5.32 Å². The van der Waals surface area contributed by atoms with Gasteiger partial charge in [-0.25, -0.2) is 4.79 Å². The Bertz CT molecular complexity index is 594. The lowest BCUT2D eigenvalue weighted by Crippen LogP contribution is -2.29. The van der Waals surface area contributed by atoms with Crippen molar-refractivity contribution in [2.45, 2.75) is 38.9 Å². The molecule has 1 aliphatic rings. The Labute approximate surface area is 145 Å². The van der Waals surface area contributed by atoms with E-state index in [1.807, 2.05) is 0 Å². The third-order valence-corrected chi connectivity index (χ3v) is 3.72. The normalized spacial score (nSPS) is 12.9. The number of hydrogen-bond acceptors (Lipinski definition) is 5. The second kappa shape index (κ2) is 9.34. The molecule has 0 spiro atoms. The molecule has 0 fully saturated rings. The molecule has 0 aromatic heterocycles. The number of hydrogen-bond donors (Lipinski definition) is 2. The van der Waals surface area contributed by atoms with Gasteiger partial charge in [-0.3, -0.25) is 4.79 Å². The molecule has 2 amide bonds. The van der Waals surface area contributed by atoms with Crippen molar-refractivity contribution in [3.8, 4) is 5.75 Å². The van der Waals surface area contributed by atoms with Gasteiger partial charge in [-0.2, -0.15) is 0 Å². The van der Waals surface area contributed by atoms with Gasteiger partial charge in [0, 0.05) is 29.1 Å². The fraction of sp³-hybridized carbons (Fsp3) is 0.500. The zero-order chi connectivity index (χ0) is 17.4. The van der Waals surface area contributed by atoms with Gasteiger partial charge in [0.1, 0.15) is 12.4 Å². The van der Waals surface area contributed by atoms with Crippen LogP contribution in [0, 0.1) is 0 Å².